The number of benzene rings is 2. The highest BCUT2D eigenvalue weighted by atomic mass is 16.5. The topological polar surface area (TPSA) is 94.3 Å². The molecule has 0 radical (unpaired) electrons. The molecule has 0 aliphatic rings. The standard InChI is InChI=1S/C25H23N3O4/c1-3-31-25(30)21(14-17-10-6-4-7-11-17)26-23(29)19-15-20(18-12-8-5-9-13-18)27-24-22(19)16(2)28-32-24/h4-13,15,21H,3,14H2,1-2H3,(H,26,29). The fourth-order valence-electron chi connectivity index (χ4n) is 3.55. The van der Waals surface area contributed by atoms with Gasteiger partial charge in [-0.1, -0.05) is 65.8 Å². The Morgan fingerprint density at radius 3 is 2.44 bits per heavy atom. The van der Waals surface area contributed by atoms with Crippen molar-refractivity contribution in [3.05, 3.63) is 83.6 Å². The smallest absolute Gasteiger partial charge is 0.328 e. The molecule has 7 nitrogen and oxygen atoms in total. The highest BCUT2D eigenvalue weighted by molar-refractivity contribution is 6.08. The third kappa shape index (κ3) is 4.51. The quantitative estimate of drug-likeness (QED) is 0.445. The van der Waals surface area contributed by atoms with Gasteiger partial charge in [0.15, 0.2) is 0 Å². The molecule has 0 saturated heterocycles. The van der Waals surface area contributed by atoms with Crippen molar-refractivity contribution in [3.8, 4) is 11.3 Å². The largest absolute Gasteiger partial charge is 0.464 e. The van der Waals surface area contributed by atoms with Crippen LogP contribution in [-0.4, -0.2) is 34.7 Å². The lowest BCUT2D eigenvalue weighted by atomic mass is 10.0. The first kappa shape index (κ1) is 21.2. The fraction of sp³-hybridized carbons (Fsp3) is 0.200. The van der Waals surface area contributed by atoms with Gasteiger partial charge in [0.1, 0.15) is 6.04 Å². The lowest BCUT2D eigenvalue weighted by Crippen LogP contribution is -2.43. The minimum atomic E-state index is -0.839. The van der Waals surface area contributed by atoms with Gasteiger partial charge in [0, 0.05) is 12.0 Å². The Morgan fingerprint density at radius 2 is 1.75 bits per heavy atom. The summed E-state index contributed by atoms with van der Waals surface area (Å²) in [6, 6.07) is 19.8. The van der Waals surface area contributed by atoms with Gasteiger partial charge in [-0.2, -0.15) is 0 Å². The Labute approximate surface area is 185 Å². The lowest BCUT2D eigenvalue weighted by molar-refractivity contribution is -0.145. The van der Waals surface area contributed by atoms with Gasteiger partial charge in [-0.15, -0.1) is 0 Å². The van der Waals surface area contributed by atoms with Gasteiger partial charge in [-0.05, 0) is 25.5 Å². The van der Waals surface area contributed by atoms with E-state index in [0.717, 1.165) is 11.1 Å². The summed E-state index contributed by atoms with van der Waals surface area (Å²) in [7, 11) is 0. The number of carbonyl (C=O) groups is 2. The first-order valence-corrected chi connectivity index (χ1v) is 10.4. The third-order valence-corrected chi connectivity index (χ3v) is 5.09. The van der Waals surface area contributed by atoms with Crippen LogP contribution in [0.1, 0.15) is 28.5 Å². The molecule has 0 spiro atoms. The van der Waals surface area contributed by atoms with Crippen LogP contribution >= 0.6 is 0 Å². The predicted octanol–water partition coefficient (Wildman–Crippen LogP) is 4.10. The molecule has 4 rings (SSSR count). The summed E-state index contributed by atoms with van der Waals surface area (Å²) >= 11 is 0. The molecule has 1 atom stereocenters. The molecular formula is C25H23N3O4. The molecule has 0 bridgehead atoms. The van der Waals surface area contributed by atoms with E-state index in [1.54, 1.807) is 19.9 Å². The molecule has 0 aliphatic carbocycles. The second-order valence-corrected chi connectivity index (χ2v) is 7.34. The predicted molar refractivity (Wildman–Crippen MR) is 120 cm³/mol. The molecule has 0 saturated carbocycles. The SMILES string of the molecule is CCOC(=O)C(Cc1ccccc1)NC(=O)c1cc(-c2ccccc2)nc2onc(C)c12. The zero-order valence-electron chi connectivity index (χ0n) is 17.9. The number of ether oxygens (including phenoxy) is 1. The second-order valence-electron chi connectivity index (χ2n) is 7.34. The van der Waals surface area contributed by atoms with Crippen molar-refractivity contribution in [1.82, 2.24) is 15.5 Å². The average Bonchev–Trinajstić information content (AvgIpc) is 3.20. The number of nitrogens with zero attached hydrogens (tertiary/aromatic N) is 2. The number of rotatable bonds is 7. The molecular weight excluding hydrogens is 406 g/mol. The van der Waals surface area contributed by atoms with E-state index in [1.807, 2.05) is 60.7 Å². The maximum atomic E-state index is 13.4. The number of hydrogen-bond acceptors (Lipinski definition) is 6. The maximum absolute atomic E-state index is 13.4. The number of fused-ring (bicyclic) bond motifs is 1. The van der Waals surface area contributed by atoms with E-state index in [0.29, 0.717) is 28.8 Å². The molecule has 4 aromatic rings. The van der Waals surface area contributed by atoms with E-state index < -0.39 is 17.9 Å². The molecule has 1 unspecified atom stereocenters. The third-order valence-electron chi connectivity index (χ3n) is 5.09. The molecule has 2 aromatic carbocycles. The van der Waals surface area contributed by atoms with Crippen molar-refractivity contribution >= 4 is 23.0 Å². The monoisotopic (exact) mass is 429 g/mol. The minimum Gasteiger partial charge on any atom is -0.464 e. The Bertz CT molecular complexity index is 1240. The van der Waals surface area contributed by atoms with Gasteiger partial charge in [-0.25, -0.2) is 9.78 Å². The van der Waals surface area contributed by atoms with Gasteiger partial charge in [-0.3, -0.25) is 4.79 Å². The number of aromatic nitrogens is 2. The van der Waals surface area contributed by atoms with E-state index in [2.05, 4.69) is 15.5 Å². The number of amides is 1. The van der Waals surface area contributed by atoms with Crippen LogP contribution in [0, 0.1) is 6.92 Å². The summed E-state index contributed by atoms with van der Waals surface area (Å²) in [6.07, 6.45) is 0.313. The summed E-state index contributed by atoms with van der Waals surface area (Å²) in [6.45, 7) is 3.71. The van der Waals surface area contributed by atoms with Gasteiger partial charge < -0.3 is 14.6 Å². The second kappa shape index (κ2) is 9.43. The van der Waals surface area contributed by atoms with Crippen molar-refractivity contribution in [3.63, 3.8) is 0 Å². The maximum Gasteiger partial charge on any atom is 0.328 e. The van der Waals surface area contributed by atoms with Crippen LogP contribution in [0.3, 0.4) is 0 Å². The van der Waals surface area contributed by atoms with Crippen LogP contribution in [0.25, 0.3) is 22.4 Å². The van der Waals surface area contributed by atoms with Crippen molar-refractivity contribution in [2.24, 2.45) is 0 Å². The zero-order valence-corrected chi connectivity index (χ0v) is 17.9. The van der Waals surface area contributed by atoms with Gasteiger partial charge in [0.2, 0.25) is 0 Å². The molecule has 1 amide bonds. The summed E-state index contributed by atoms with van der Waals surface area (Å²) in [5, 5.41) is 7.34. The highest BCUT2D eigenvalue weighted by Crippen LogP contribution is 2.27. The van der Waals surface area contributed by atoms with E-state index in [1.165, 1.54) is 0 Å². The van der Waals surface area contributed by atoms with Crippen LogP contribution in [0.2, 0.25) is 0 Å². The molecule has 1 N–H and O–H groups in total. The molecule has 0 fully saturated rings. The molecule has 7 heteroatoms. The lowest BCUT2D eigenvalue weighted by Gasteiger charge is -2.18. The van der Waals surface area contributed by atoms with Crippen LogP contribution in [0.5, 0.6) is 0 Å². The van der Waals surface area contributed by atoms with E-state index >= 15 is 0 Å². The molecule has 2 aromatic heterocycles. The van der Waals surface area contributed by atoms with Crippen molar-refractivity contribution in [1.29, 1.82) is 0 Å². The summed E-state index contributed by atoms with van der Waals surface area (Å²) in [5.74, 6) is -0.907. The van der Waals surface area contributed by atoms with Gasteiger partial charge in [0.05, 0.1) is 28.9 Å². The number of pyridine rings is 1. The van der Waals surface area contributed by atoms with E-state index in [4.69, 9.17) is 9.26 Å². The number of esters is 1. The number of nitrogens with one attached hydrogen (secondary N) is 1. The molecule has 2 heterocycles. The van der Waals surface area contributed by atoms with E-state index in [9.17, 15) is 9.59 Å². The van der Waals surface area contributed by atoms with Crippen molar-refractivity contribution in [2.75, 3.05) is 6.61 Å². The highest BCUT2D eigenvalue weighted by Gasteiger charge is 2.26. The number of hydrogen-bond donors (Lipinski definition) is 1. The number of carbonyl (C=O) groups excluding carboxylic acids is 2. The Morgan fingerprint density at radius 1 is 1.06 bits per heavy atom. The Hall–Kier alpha value is -4.00. The Balaban J connectivity index is 1.70. The fourth-order valence-corrected chi connectivity index (χ4v) is 3.55. The minimum absolute atomic E-state index is 0.225. The first-order chi connectivity index (χ1) is 15.6. The van der Waals surface area contributed by atoms with Crippen molar-refractivity contribution < 1.29 is 18.8 Å². The molecule has 162 valence electrons. The average molecular weight is 429 g/mol. The summed E-state index contributed by atoms with van der Waals surface area (Å²) in [4.78, 5) is 30.5. The van der Waals surface area contributed by atoms with Crippen LogP contribution < -0.4 is 5.32 Å². The van der Waals surface area contributed by atoms with Gasteiger partial charge in [0.25, 0.3) is 11.6 Å². The summed E-state index contributed by atoms with van der Waals surface area (Å²) in [5.41, 5.74) is 3.49. The van der Waals surface area contributed by atoms with Crippen LogP contribution in [-0.2, 0) is 16.0 Å². The van der Waals surface area contributed by atoms with Crippen molar-refractivity contribution in [2.45, 2.75) is 26.3 Å². The normalized spacial score (nSPS) is 11.8. The van der Waals surface area contributed by atoms with Crippen LogP contribution in [0.15, 0.2) is 71.3 Å². The Kier molecular flexibility index (Phi) is 6.26. The first-order valence-electron chi connectivity index (χ1n) is 10.4. The molecule has 0 aliphatic heterocycles. The van der Waals surface area contributed by atoms with E-state index in [-0.39, 0.29) is 12.3 Å². The molecule has 32 heavy (non-hydrogen) atoms. The summed E-state index contributed by atoms with van der Waals surface area (Å²) < 4.78 is 10.6. The van der Waals surface area contributed by atoms with Crippen LogP contribution in [0.4, 0.5) is 0 Å². The number of aryl methyl sites for hydroxylation is 1. The zero-order chi connectivity index (χ0) is 22.5. The van der Waals surface area contributed by atoms with Gasteiger partial charge >= 0.3 is 5.97 Å².